The average Bonchev–Trinajstić information content (AvgIpc) is 2.46. The van der Waals surface area contributed by atoms with Gasteiger partial charge in [-0.1, -0.05) is 57.7 Å². The Morgan fingerprint density at radius 1 is 1.00 bits per heavy atom. The second-order valence-electron chi connectivity index (χ2n) is 6.71. The summed E-state index contributed by atoms with van der Waals surface area (Å²) < 4.78 is 28.0. The summed E-state index contributed by atoms with van der Waals surface area (Å²) in [6, 6.07) is 14.4. The van der Waals surface area contributed by atoms with Crippen LogP contribution in [0.3, 0.4) is 0 Å². The highest BCUT2D eigenvalue weighted by Gasteiger charge is 2.19. The fraction of sp³-hybridized carbons (Fsp3) is 0.263. The minimum Gasteiger partial charge on any atom is -0.280 e. The second-order valence-corrected chi connectivity index (χ2v) is 8.36. The van der Waals surface area contributed by atoms with E-state index in [1.807, 2.05) is 12.1 Å². The minimum absolute atomic E-state index is 0.0317. The molecule has 0 aliphatic carbocycles. The van der Waals surface area contributed by atoms with Gasteiger partial charge in [-0.25, -0.2) is 8.42 Å². The summed E-state index contributed by atoms with van der Waals surface area (Å²) in [5.41, 5.74) is 3.09. The summed E-state index contributed by atoms with van der Waals surface area (Å²) in [6.45, 7) is 12.0. The second kappa shape index (κ2) is 6.20. The summed E-state index contributed by atoms with van der Waals surface area (Å²) in [4.78, 5) is 0.243. The molecule has 0 heterocycles. The van der Waals surface area contributed by atoms with Crippen LogP contribution >= 0.6 is 0 Å². The van der Waals surface area contributed by atoms with Crippen LogP contribution in [-0.2, 0) is 15.4 Å². The van der Waals surface area contributed by atoms with Gasteiger partial charge in [0.1, 0.15) is 0 Å². The van der Waals surface area contributed by atoms with Gasteiger partial charge in [-0.2, -0.15) is 0 Å². The quantitative estimate of drug-likeness (QED) is 0.874. The molecule has 3 nitrogen and oxygen atoms in total. The van der Waals surface area contributed by atoms with Crippen LogP contribution in [0.25, 0.3) is 5.57 Å². The number of nitrogens with one attached hydrogen (secondary N) is 1. The van der Waals surface area contributed by atoms with Crippen molar-refractivity contribution in [3.63, 3.8) is 0 Å². The molecule has 0 aliphatic heterocycles. The molecule has 0 saturated carbocycles. The molecule has 0 unspecified atom stereocenters. The van der Waals surface area contributed by atoms with Crippen LogP contribution < -0.4 is 4.72 Å². The van der Waals surface area contributed by atoms with Crippen molar-refractivity contribution >= 4 is 21.3 Å². The first kappa shape index (κ1) is 17.3. The highest BCUT2D eigenvalue weighted by Crippen LogP contribution is 2.26. The first-order valence-electron chi connectivity index (χ1n) is 7.49. The van der Waals surface area contributed by atoms with E-state index in [0.717, 1.165) is 5.56 Å². The molecule has 2 rings (SSSR count). The van der Waals surface area contributed by atoms with Gasteiger partial charge in [0.2, 0.25) is 0 Å². The van der Waals surface area contributed by atoms with Gasteiger partial charge in [-0.15, -0.1) is 0 Å². The lowest BCUT2D eigenvalue weighted by molar-refractivity contribution is 0.590. The van der Waals surface area contributed by atoms with Gasteiger partial charge in [0, 0.05) is 5.69 Å². The van der Waals surface area contributed by atoms with Crippen molar-refractivity contribution in [3.05, 3.63) is 66.2 Å². The van der Waals surface area contributed by atoms with Crippen molar-refractivity contribution < 1.29 is 8.42 Å². The van der Waals surface area contributed by atoms with E-state index < -0.39 is 10.0 Å². The Morgan fingerprint density at radius 3 is 2.09 bits per heavy atom. The molecule has 4 heteroatoms. The van der Waals surface area contributed by atoms with E-state index in [-0.39, 0.29) is 10.3 Å². The zero-order valence-corrected chi connectivity index (χ0v) is 14.9. The van der Waals surface area contributed by atoms with Gasteiger partial charge >= 0.3 is 0 Å². The van der Waals surface area contributed by atoms with Crippen molar-refractivity contribution in [2.45, 2.75) is 38.0 Å². The molecular formula is C19H23NO2S. The monoisotopic (exact) mass is 329 g/mol. The highest BCUT2D eigenvalue weighted by molar-refractivity contribution is 7.92. The lowest BCUT2D eigenvalue weighted by Gasteiger charge is -2.19. The molecule has 0 atom stereocenters. The van der Waals surface area contributed by atoms with Gasteiger partial charge < -0.3 is 0 Å². The fourth-order valence-electron chi connectivity index (χ4n) is 2.30. The summed E-state index contributed by atoms with van der Waals surface area (Å²) in [5, 5.41) is 0. The molecule has 2 aromatic carbocycles. The molecule has 0 saturated heterocycles. The van der Waals surface area contributed by atoms with Crippen molar-refractivity contribution in [2.24, 2.45) is 0 Å². The zero-order chi connectivity index (χ0) is 17.3. The van der Waals surface area contributed by atoms with E-state index in [1.165, 1.54) is 0 Å². The number of anilines is 1. The summed E-state index contributed by atoms with van der Waals surface area (Å²) >= 11 is 0. The predicted octanol–water partition coefficient (Wildman–Crippen LogP) is 4.82. The Hall–Kier alpha value is -2.07. The Bertz CT molecular complexity index is 813. The lowest BCUT2D eigenvalue weighted by atomic mass is 9.87. The van der Waals surface area contributed by atoms with Gasteiger partial charge in [0.05, 0.1) is 4.90 Å². The molecule has 0 aliphatic rings. The molecule has 0 amide bonds. The molecule has 0 fully saturated rings. The lowest BCUT2D eigenvalue weighted by Crippen LogP contribution is -2.15. The number of rotatable bonds is 4. The van der Waals surface area contributed by atoms with Gasteiger partial charge in [0.25, 0.3) is 10.0 Å². The van der Waals surface area contributed by atoms with Gasteiger partial charge in [-0.05, 0) is 47.2 Å². The van der Waals surface area contributed by atoms with Crippen LogP contribution in [0.15, 0.2) is 60.0 Å². The van der Waals surface area contributed by atoms with E-state index in [2.05, 4.69) is 32.1 Å². The summed E-state index contributed by atoms with van der Waals surface area (Å²) in [5.74, 6) is 0. The zero-order valence-electron chi connectivity index (χ0n) is 14.1. The third-order valence-corrected chi connectivity index (χ3v) is 5.08. The molecule has 122 valence electrons. The number of hydrogen-bond acceptors (Lipinski definition) is 2. The number of sulfonamides is 1. The van der Waals surface area contributed by atoms with E-state index in [0.29, 0.717) is 16.8 Å². The van der Waals surface area contributed by atoms with Crippen LogP contribution in [0.2, 0.25) is 0 Å². The third-order valence-electron chi connectivity index (χ3n) is 3.64. The Labute approximate surface area is 139 Å². The van der Waals surface area contributed by atoms with E-state index in [9.17, 15) is 8.42 Å². The SMILES string of the molecule is C=C(C)c1ccccc1S(=O)(=O)Nc1ccc(C(C)(C)C)cc1. The maximum atomic E-state index is 12.7. The predicted molar refractivity (Wildman–Crippen MR) is 97.1 cm³/mol. The maximum Gasteiger partial charge on any atom is 0.262 e. The van der Waals surface area contributed by atoms with Crippen LogP contribution in [0.1, 0.15) is 38.8 Å². The first-order chi connectivity index (χ1) is 10.6. The van der Waals surface area contributed by atoms with Crippen molar-refractivity contribution in [1.82, 2.24) is 0 Å². The molecule has 23 heavy (non-hydrogen) atoms. The van der Waals surface area contributed by atoms with E-state index in [4.69, 9.17) is 0 Å². The fourth-order valence-corrected chi connectivity index (χ4v) is 3.65. The molecule has 0 spiro atoms. The average molecular weight is 329 g/mol. The highest BCUT2D eigenvalue weighted by atomic mass is 32.2. The standard InChI is InChI=1S/C19H23NO2S/c1-14(2)17-8-6-7-9-18(17)23(21,22)20-16-12-10-15(11-13-16)19(3,4)5/h6-13,20H,1H2,2-5H3. The van der Waals surface area contributed by atoms with Crippen LogP contribution in [0.5, 0.6) is 0 Å². The van der Waals surface area contributed by atoms with E-state index in [1.54, 1.807) is 43.3 Å². The Kier molecular flexibility index (Phi) is 4.66. The number of benzene rings is 2. The topological polar surface area (TPSA) is 46.2 Å². The largest absolute Gasteiger partial charge is 0.280 e. The molecule has 0 radical (unpaired) electrons. The summed E-state index contributed by atoms with van der Waals surface area (Å²) in [7, 11) is -3.65. The molecule has 0 aromatic heterocycles. The van der Waals surface area contributed by atoms with Crippen molar-refractivity contribution in [1.29, 1.82) is 0 Å². The van der Waals surface area contributed by atoms with Crippen LogP contribution in [-0.4, -0.2) is 8.42 Å². The Balaban J connectivity index is 2.34. The Morgan fingerprint density at radius 2 is 1.57 bits per heavy atom. The van der Waals surface area contributed by atoms with Crippen molar-refractivity contribution in [2.75, 3.05) is 4.72 Å². The molecule has 1 N–H and O–H groups in total. The molecular weight excluding hydrogens is 306 g/mol. The smallest absolute Gasteiger partial charge is 0.262 e. The molecule has 2 aromatic rings. The summed E-state index contributed by atoms with van der Waals surface area (Å²) in [6.07, 6.45) is 0. The normalized spacial score (nSPS) is 12.0. The van der Waals surface area contributed by atoms with Crippen LogP contribution in [0.4, 0.5) is 5.69 Å². The van der Waals surface area contributed by atoms with Gasteiger partial charge in [0.15, 0.2) is 0 Å². The number of allylic oxidation sites excluding steroid dienone is 1. The third kappa shape index (κ3) is 4.02. The van der Waals surface area contributed by atoms with E-state index >= 15 is 0 Å². The maximum absolute atomic E-state index is 12.7. The van der Waals surface area contributed by atoms with Crippen LogP contribution in [0, 0.1) is 0 Å². The number of hydrogen-bond donors (Lipinski definition) is 1. The van der Waals surface area contributed by atoms with Crippen molar-refractivity contribution in [3.8, 4) is 0 Å². The molecule has 0 bridgehead atoms. The van der Waals surface area contributed by atoms with Gasteiger partial charge in [-0.3, -0.25) is 4.72 Å². The first-order valence-corrected chi connectivity index (χ1v) is 8.98. The minimum atomic E-state index is -3.65.